The van der Waals surface area contributed by atoms with Gasteiger partial charge in [-0.15, -0.1) is 0 Å². The van der Waals surface area contributed by atoms with Crippen LogP contribution in [-0.4, -0.2) is 32.2 Å². The van der Waals surface area contributed by atoms with Crippen molar-refractivity contribution >= 4 is 0 Å². The van der Waals surface area contributed by atoms with Crippen molar-refractivity contribution in [1.29, 1.82) is 0 Å². The van der Waals surface area contributed by atoms with Crippen LogP contribution in [0.2, 0.25) is 0 Å². The first-order valence-corrected chi connectivity index (χ1v) is 4.95. The number of hydrogen-bond acceptors (Lipinski definition) is 2. The van der Waals surface area contributed by atoms with Crippen LogP contribution >= 0.6 is 0 Å². The smallest absolute Gasteiger partial charge is 0.390 e. The predicted molar refractivity (Wildman–Crippen MR) is 55.3 cm³/mol. The fourth-order valence-electron chi connectivity index (χ4n) is 1.39. The SMILES string of the molecule is CCCC(/C(=C\N(C)C)NC)C(F)(F)F. The van der Waals surface area contributed by atoms with E-state index in [-0.39, 0.29) is 12.1 Å². The van der Waals surface area contributed by atoms with Crippen molar-refractivity contribution in [3.05, 3.63) is 11.9 Å². The van der Waals surface area contributed by atoms with Crippen LogP contribution in [0.15, 0.2) is 11.9 Å². The van der Waals surface area contributed by atoms with E-state index in [0.29, 0.717) is 6.42 Å². The zero-order chi connectivity index (χ0) is 12.1. The average Bonchev–Trinajstić information content (AvgIpc) is 2.08. The molecule has 0 radical (unpaired) electrons. The van der Waals surface area contributed by atoms with Crippen LogP contribution < -0.4 is 5.32 Å². The second kappa shape index (κ2) is 5.88. The highest BCUT2D eigenvalue weighted by molar-refractivity contribution is 5.05. The highest BCUT2D eigenvalue weighted by atomic mass is 19.4. The van der Waals surface area contributed by atoms with E-state index in [4.69, 9.17) is 0 Å². The molecule has 2 nitrogen and oxygen atoms in total. The van der Waals surface area contributed by atoms with Crippen molar-refractivity contribution in [1.82, 2.24) is 10.2 Å². The Kier molecular flexibility index (Phi) is 5.54. The number of hydrogen-bond donors (Lipinski definition) is 1. The normalized spacial score (nSPS) is 15.0. The molecule has 1 N–H and O–H groups in total. The second-order valence-electron chi connectivity index (χ2n) is 3.68. The highest BCUT2D eigenvalue weighted by Gasteiger charge is 2.41. The molecule has 0 heterocycles. The minimum Gasteiger partial charge on any atom is -0.390 e. The first kappa shape index (κ1) is 14.1. The molecule has 0 amide bonds. The zero-order valence-corrected chi connectivity index (χ0v) is 9.65. The lowest BCUT2D eigenvalue weighted by atomic mass is 9.99. The van der Waals surface area contributed by atoms with Gasteiger partial charge in [0.05, 0.1) is 5.92 Å². The van der Waals surface area contributed by atoms with E-state index in [9.17, 15) is 13.2 Å². The van der Waals surface area contributed by atoms with Crippen LogP contribution in [0.4, 0.5) is 13.2 Å². The minimum absolute atomic E-state index is 0.115. The lowest BCUT2D eigenvalue weighted by molar-refractivity contribution is -0.167. The first-order chi connectivity index (χ1) is 6.82. The van der Waals surface area contributed by atoms with Gasteiger partial charge >= 0.3 is 6.18 Å². The molecule has 90 valence electrons. The van der Waals surface area contributed by atoms with Crippen molar-refractivity contribution in [2.24, 2.45) is 5.92 Å². The summed E-state index contributed by atoms with van der Waals surface area (Å²) < 4.78 is 38.1. The summed E-state index contributed by atoms with van der Waals surface area (Å²) in [6.45, 7) is 1.75. The maximum absolute atomic E-state index is 12.7. The van der Waals surface area contributed by atoms with Gasteiger partial charge in [-0.05, 0) is 6.42 Å². The summed E-state index contributed by atoms with van der Waals surface area (Å²) in [6.07, 6.45) is -2.07. The van der Waals surface area contributed by atoms with Crippen LogP contribution in [-0.2, 0) is 0 Å². The molecule has 0 spiro atoms. The molecule has 0 aromatic carbocycles. The Morgan fingerprint density at radius 3 is 2.20 bits per heavy atom. The maximum atomic E-state index is 12.7. The van der Waals surface area contributed by atoms with Gasteiger partial charge in [-0.3, -0.25) is 0 Å². The fraction of sp³-hybridized carbons (Fsp3) is 0.800. The van der Waals surface area contributed by atoms with Crippen LogP contribution in [0, 0.1) is 5.92 Å². The van der Waals surface area contributed by atoms with Gasteiger partial charge in [0.1, 0.15) is 0 Å². The second-order valence-corrected chi connectivity index (χ2v) is 3.68. The van der Waals surface area contributed by atoms with Crippen molar-refractivity contribution in [2.75, 3.05) is 21.1 Å². The van der Waals surface area contributed by atoms with Crippen molar-refractivity contribution in [3.63, 3.8) is 0 Å². The Bertz CT molecular complexity index is 209. The minimum atomic E-state index is -4.18. The summed E-state index contributed by atoms with van der Waals surface area (Å²) in [7, 11) is 4.93. The Morgan fingerprint density at radius 2 is 1.93 bits per heavy atom. The van der Waals surface area contributed by atoms with E-state index < -0.39 is 12.1 Å². The summed E-state index contributed by atoms with van der Waals surface area (Å²) in [6, 6.07) is 0. The molecule has 0 saturated carbocycles. The fourth-order valence-corrected chi connectivity index (χ4v) is 1.39. The summed E-state index contributed by atoms with van der Waals surface area (Å²) >= 11 is 0. The third-order valence-electron chi connectivity index (χ3n) is 2.03. The number of alkyl halides is 3. The summed E-state index contributed by atoms with van der Waals surface area (Å²) in [5.41, 5.74) is 0.217. The van der Waals surface area contributed by atoms with Crippen LogP contribution in [0.5, 0.6) is 0 Å². The molecule has 0 fully saturated rings. The molecule has 0 aliphatic heterocycles. The Balaban J connectivity index is 4.87. The van der Waals surface area contributed by atoms with E-state index in [1.807, 2.05) is 0 Å². The van der Waals surface area contributed by atoms with Crippen LogP contribution in [0.1, 0.15) is 19.8 Å². The average molecular weight is 224 g/mol. The highest BCUT2D eigenvalue weighted by Crippen LogP contribution is 2.34. The van der Waals surface area contributed by atoms with Crippen molar-refractivity contribution < 1.29 is 13.2 Å². The van der Waals surface area contributed by atoms with Gasteiger partial charge < -0.3 is 10.2 Å². The quantitative estimate of drug-likeness (QED) is 0.772. The molecular weight excluding hydrogens is 205 g/mol. The van der Waals surface area contributed by atoms with Gasteiger partial charge in [-0.2, -0.15) is 13.2 Å². The van der Waals surface area contributed by atoms with Gasteiger partial charge in [0.25, 0.3) is 0 Å². The molecule has 1 atom stereocenters. The Morgan fingerprint density at radius 1 is 1.40 bits per heavy atom. The zero-order valence-electron chi connectivity index (χ0n) is 9.65. The molecule has 1 unspecified atom stereocenters. The number of rotatable bonds is 5. The van der Waals surface area contributed by atoms with Gasteiger partial charge in [0, 0.05) is 33.0 Å². The standard InChI is InChI=1S/C10H19F3N2/c1-5-6-8(10(11,12)13)9(14-2)7-15(3)4/h7-8,14H,5-6H2,1-4H3/b9-7+. The molecule has 0 bridgehead atoms. The summed E-state index contributed by atoms with van der Waals surface area (Å²) in [5.74, 6) is -1.39. The molecule has 0 aromatic rings. The van der Waals surface area contributed by atoms with Crippen molar-refractivity contribution in [2.45, 2.75) is 25.9 Å². The molecule has 15 heavy (non-hydrogen) atoms. The van der Waals surface area contributed by atoms with Crippen molar-refractivity contribution in [3.8, 4) is 0 Å². The van der Waals surface area contributed by atoms with E-state index in [2.05, 4.69) is 5.32 Å². The molecule has 0 aliphatic carbocycles. The third-order valence-corrected chi connectivity index (χ3v) is 2.03. The number of halogens is 3. The molecule has 5 heteroatoms. The van der Waals surface area contributed by atoms with Gasteiger partial charge in [-0.1, -0.05) is 13.3 Å². The predicted octanol–water partition coefficient (Wildman–Crippen LogP) is 2.59. The lowest BCUT2D eigenvalue weighted by Crippen LogP contribution is -2.31. The Labute approximate surface area is 89.1 Å². The van der Waals surface area contributed by atoms with Gasteiger partial charge in [0.2, 0.25) is 0 Å². The topological polar surface area (TPSA) is 15.3 Å². The summed E-state index contributed by atoms with van der Waals surface area (Å²) in [5, 5.41) is 2.62. The lowest BCUT2D eigenvalue weighted by Gasteiger charge is -2.24. The molecular formula is C10H19F3N2. The Hall–Kier alpha value is -0.870. The van der Waals surface area contributed by atoms with E-state index in [1.165, 1.54) is 13.2 Å². The third kappa shape index (κ3) is 4.95. The first-order valence-electron chi connectivity index (χ1n) is 4.95. The van der Waals surface area contributed by atoms with Gasteiger partial charge in [-0.25, -0.2) is 0 Å². The number of allylic oxidation sites excluding steroid dienone is 1. The maximum Gasteiger partial charge on any atom is 0.397 e. The summed E-state index contributed by atoms with van der Waals surface area (Å²) in [4.78, 5) is 1.61. The molecule has 0 rings (SSSR count). The molecule has 0 aliphatic rings. The van der Waals surface area contributed by atoms with E-state index in [0.717, 1.165) is 0 Å². The molecule has 0 aromatic heterocycles. The molecule has 0 saturated heterocycles. The van der Waals surface area contributed by atoms with E-state index >= 15 is 0 Å². The van der Waals surface area contributed by atoms with E-state index in [1.54, 1.807) is 25.9 Å². The number of nitrogens with zero attached hydrogens (tertiary/aromatic N) is 1. The monoisotopic (exact) mass is 224 g/mol. The van der Waals surface area contributed by atoms with Crippen LogP contribution in [0.3, 0.4) is 0 Å². The van der Waals surface area contributed by atoms with Crippen LogP contribution in [0.25, 0.3) is 0 Å². The van der Waals surface area contributed by atoms with Gasteiger partial charge in [0.15, 0.2) is 0 Å². The largest absolute Gasteiger partial charge is 0.397 e. The number of nitrogens with one attached hydrogen (secondary N) is 1.